The maximum atomic E-state index is 11.9. The number of ether oxygens (including phenoxy) is 1. The number of aromatic amines is 1. The van der Waals surface area contributed by atoms with Crippen molar-refractivity contribution in [3.63, 3.8) is 0 Å². The maximum Gasteiger partial charge on any atom is 0.246 e. The highest BCUT2D eigenvalue weighted by molar-refractivity contribution is 7.89. The van der Waals surface area contributed by atoms with Gasteiger partial charge >= 0.3 is 0 Å². The lowest BCUT2D eigenvalue weighted by molar-refractivity contribution is -0.00475. The number of nitrogens with zero attached hydrogens (tertiary/aromatic N) is 1. The SMILES string of the molecule is CCOC1CC(NS(=O)(=O)c2cn[nH]c2N)C1. The van der Waals surface area contributed by atoms with Gasteiger partial charge < -0.3 is 10.5 Å². The van der Waals surface area contributed by atoms with E-state index in [1.165, 1.54) is 6.20 Å². The molecule has 0 spiro atoms. The molecule has 1 fully saturated rings. The highest BCUT2D eigenvalue weighted by atomic mass is 32.2. The van der Waals surface area contributed by atoms with Gasteiger partial charge in [-0.05, 0) is 19.8 Å². The summed E-state index contributed by atoms with van der Waals surface area (Å²) >= 11 is 0. The molecule has 0 amide bonds. The van der Waals surface area contributed by atoms with Gasteiger partial charge in [-0.2, -0.15) is 5.10 Å². The van der Waals surface area contributed by atoms with Crippen LogP contribution in [0.1, 0.15) is 19.8 Å². The predicted octanol–water partition coefficient (Wildman–Crippen LogP) is -0.162. The summed E-state index contributed by atoms with van der Waals surface area (Å²) in [6.45, 7) is 2.57. The molecule has 4 N–H and O–H groups in total. The number of anilines is 1. The van der Waals surface area contributed by atoms with E-state index < -0.39 is 10.0 Å². The summed E-state index contributed by atoms with van der Waals surface area (Å²) in [5, 5.41) is 5.99. The van der Waals surface area contributed by atoms with Crippen molar-refractivity contribution in [1.82, 2.24) is 14.9 Å². The molecule has 2 rings (SSSR count). The molecular weight excluding hydrogens is 244 g/mol. The Labute approximate surface area is 99.8 Å². The molecule has 1 aromatic rings. The van der Waals surface area contributed by atoms with Crippen LogP contribution >= 0.6 is 0 Å². The molecule has 0 unspecified atom stereocenters. The molecule has 0 aliphatic heterocycles. The summed E-state index contributed by atoms with van der Waals surface area (Å²) in [7, 11) is -3.57. The van der Waals surface area contributed by atoms with E-state index in [2.05, 4.69) is 14.9 Å². The Morgan fingerprint density at radius 1 is 1.65 bits per heavy atom. The quantitative estimate of drug-likeness (QED) is 0.681. The molecule has 1 saturated carbocycles. The second kappa shape index (κ2) is 4.63. The van der Waals surface area contributed by atoms with E-state index in [1.54, 1.807) is 0 Å². The molecule has 1 aliphatic rings. The largest absolute Gasteiger partial charge is 0.383 e. The Morgan fingerprint density at radius 2 is 2.35 bits per heavy atom. The van der Waals surface area contributed by atoms with Crippen molar-refractivity contribution in [3.05, 3.63) is 6.20 Å². The first-order valence-electron chi connectivity index (χ1n) is 5.45. The van der Waals surface area contributed by atoms with Gasteiger partial charge in [0.05, 0.1) is 12.3 Å². The minimum atomic E-state index is -3.57. The summed E-state index contributed by atoms with van der Waals surface area (Å²) in [6.07, 6.45) is 2.76. The van der Waals surface area contributed by atoms with Gasteiger partial charge in [0.25, 0.3) is 0 Å². The number of H-pyrrole nitrogens is 1. The number of aromatic nitrogens is 2. The zero-order valence-corrected chi connectivity index (χ0v) is 10.3. The van der Waals surface area contributed by atoms with E-state index in [0.717, 1.165) is 0 Å². The fourth-order valence-electron chi connectivity index (χ4n) is 1.82. The fraction of sp³-hybridized carbons (Fsp3) is 0.667. The van der Waals surface area contributed by atoms with Crippen LogP contribution in [0.3, 0.4) is 0 Å². The van der Waals surface area contributed by atoms with Gasteiger partial charge in [0.2, 0.25) is 10.0 Å². The monoisotopic (exact) mass is 260 g/mol. The number of hydrogen-bond acceptors (Lipinski definition) is 5. The molecule has 0 radical (unpaired) electrons. The summed E-state index contributed by atoms with van der Waals surface area (Å²) < 4.78 is 31.7. The van der Waals surface area contributed by atoms with E-state index in [-0.39, 0.29) is 22.9 Å². The highest BCUT2D eigenvalue weighted by Crippen LogP contribution is 2.25. The third kappa shape index (κ3) is 2.59. The van der Waals surface area contributed by atoms with Crippen molar-refractivity contribution in [2.24, 2.45) is 0 Å². The van der Waals surface area contributed by atoms with E-state index in [9.17, 15) is 8.42 Å². The van der Waals surface area contributed by atoms with Crippen LogP contribution in [-0.4, -0.2) is 37.4 Å². The third-order valence-corrected chi connectivity index (χ3v) is 4.29. The smallest absolute Gasteiger partial charge is 0.246 e. The van der Waals surface area contributed by atoms with Crippen LogP contribution < -0.4 is 10.5 Å². The molecule has 1 aliphatic carbocycles. The van der Waals surface area contributed by atoms with Crippen LogP contribution in [0, 0.1) is 0 Å². The van der Waals surface area contributed by atoms with Crippen molar-refractivity contribution in [1.29, 1.82) is 0 Å². The molecule has 0 aromatic carbocycles. The van der Waals surface area contributed by atoms with Crippen LogP contribution in [0.4, 0.5) is 5.82 Å². The van der Waals surface area contributed by atoms with E-state index in [4.69, 9.17) is 10.5 Å². The Balaban J connectivity index is 1.94. The van der Waals surface area contributed by atoms with Gasteiger partial charge in [-0.3, -0.25) is 5.10 Å². The Hall–Kier alpha value is -1.12. The molecular formula is C9H16N4O3S. The van der Waals surface area contributed by atoms with Crippen LogP contribution in [0.2, 0.25) is 0 Å². The molecule has 8 heteroatoms. The molecule has 7 nitrogen and oxygen atoms in total. The number of nitrogens with one attached hydrogen (secondary N) is 2. The van der Waals surface area contributed by atoms with Crippen LogP contribution in [0.15, 0.2) is 11.1 Å². The van der Waals surface area contributed by atoms with Crippen molar-refractivity contribution in [2.45, 2.75) is 36.8 Å². The highest BCUT2D eigenvalue weighted by Gasteiger charge is 2.34. The number of hydrogen-bond donors (Lipinski definition) is 3. The first-order chi connectivity index (χ1) is 8.03. The van der Waals surface area contributed by atoms with Gasteiger partial charge in [-0.1, -0.05) is 0 Å². The van der Waals surface area contributed by atoms with Crippen LogP contribution in [0.5, 0.6) is 0 Å². The van der Waals surface area contributed by atoms with Crippen molar-refractivity contribution in [3.8, 4) is 0 Å². The van der Waals surface area contributed by atoms with Gasteiger partial charge in [0, 0.05) is 12.6 Å². The predicted molar refractivity (Wildman–Crippen MR) is 61.8 cm³/mol. The second-order valence-electron chi connectivity index (χ2n) is 4.01. The zero-order valence-electron chi connectivity index (χ0n) is 9.51. The number of nitrogen functional groups attached to an aromatic ring is 1. The molecule has 1 heterocycles. The molecule has 17 heavy (non-hydrogen) atoms. The lowest BCUT2D eigenvalue weighted by Gasteiger charge is -2.34. The molecule has 0 saturated heterocycles. The molecule has 96 valence electrons. The Morgan fingerprint density at radius 3 is 2.88 bits per heavy atom. The van der Waals surface area contributed by atoms with E-state index in [1.807, 2.05) is 6.92 Å². The first-order valence-corrected chi connectivity index (χ1v) is 6.94. The van der Waals surface area contributed by atoms with Gasteiger partial charge in [0.1, 0.15) is 10.7 Å². The van der Waals surface area contributed by atoms with Crippen LogP contribution in [-0.2, 0) is 14.8 Å². The molecule has 0 bridgehead atoms. The lowest BCUT2D eigenvalue weighted by Crippen LogP contribution is -2.47. The van der Waals surface area contributed by atoms with E-state index in [0.29, 0.717) is 19.4 Å². The van der Waals surface area contributed by atoms with Gasteiger partial charge in [0.15, 0.2) is 0 Å². The fourth-order valence-corrected chi connectivity index (χ4v) is 3.10. The first kappa shape index (κ1) is 12.3. The maximum absolute atomic E-state index is 11.9. The summed E-state index contributed by atoms with van der Waals surface area (Å²) in [5.74, 6) is 0.0539. The number of rotatable bonds is 5. The van der Waals surface area contributed by atoms with Crippen molar-refractivity contribution >= 4 is 15.8 Å². The standard InChI is InChI=1S/C9H16N4O3S/c1-2-16-7-3-6(4-7)13-17(14,15)8-5-11-12-9(8)10/h5-7,13H,2-4H2,1H3,(H3,10,11,12). The summed E-state index contributed by atoms with van der Waals surface area (Å²) in [6, 6.07) is -0.0779. The number of sulfonamides is 1. The Bertz CT molecular complexity index is 478. The summed E-state index contributed by atoms with van der Waals surface area (Å²) in [4.78, 5) is -0.00244. The van der Waals surface area contributed by atoms with Crippen LogP contribution in [0.25, 0.3) is 0 Å². The third-order valence-electron chi connectivity index (χ3n) is 2.74. The van der Waals surface area contributed by atoms with Gasteiger partial charge in [-0.15, -0.1) is 0 Å². The summed E-state index contributed by atoms with van der Waals surface area (Å²) in [5.41, 5.74) is 5.47. The van der Waals surface area contributed by atoms with Crippen molar-refractivity contribution in [2.75, 3.05) is 12.3 Å². The minimum absolute atomic E-state index is 0.00244. The minimum Gasteiger partial charge on any atom is -0.383 e. The zero-order chi connectivity index (χ0) is 12.5. The second-order valence-corrected chi connectivity index (χ2v) is 5.70. The Kier molecular flexibility index (Phi) is 3.36. The normalized spacial score (nSPS) is 24.5. The van der Waals surface area contributed by atoms with Crippen molar-refractivity contribution < 1.29 is 13.2 Å². The number of nitrogens with two attached hydrogens (primary N) is 1. The lowest BCUT2D eigenvalue weighted by atomic mass is 9.90. The van der Waals surface area contributed by atoms with Gasteiger partial charge in [-0.25, -0.2) is 13.1 Å². The average molecular weight is 260 g/mol. The molecule has 0 atom stereocenters. The average Bonchev–Trinajstić information content (AvgIpc) is 2.62. The molecule has 1 aromatic heterocycles. The van der Waals surface area contributed by atoms with E-state index >= 15 is 0 Å². The topological polar surface area (TPSA) is 110 Å².